The molecule has 5 heteroatoms. The van der Waals surface area contributed by atoms with Crippen LogP contribution in [0.5, 0.6) is 0 Å². The van der Waals surface area contributed by atoms with Crippen LogP contribution in [-0.2, 0) is 19.1 Å². The van der Waals surface area contributed by atoms with E-state index < -0.39 is 17.9 Å². The Morgan fingerprint density at radius 1 is 1.32 bits per heavy atom. The zero-order chi connectivity index (χ0) is 14.0. The molecule has 1 amide bonds. The second kappa shape index (κ2) is 5.22. The van der Waals surface area contributed by atoms with Crippen LogP contribution in [0.15, 0.2) is 30.3 Å². The first-order chi connectivity index (χ1) is 9.06. The van der Waals surface area contributed by atoms with Gasteiger partial charge in [0.25, 0.3) is 0 Å². The Labute approximate surface area is 111 Å². The largest absolute Gasteiger partial charge is 0.467 e. The molecule has 1 heterocycles. The highest BCUT2D eigenvalue weighted by Gasteiger charge is 2.46. The summed E-state index contributed by atoms with van der Waals surface area (Å²) in [5.74, 6) is -1.60. The monoisotopic (exact) mass is 261 g/mol. The number of carbonyl (C=O) groups is 3. The van der Waals surface area contributed by atoms with E-state index >= 15 is 0 Å². The lowest BCUT2D eigenvalue weighted by atomic mass is 9.90. The quantitative estimate of drug-likeness (QED) is 0.460. The van der Waals surface area contributed by atoms with Crippen molar-refractivity contribution in [2.24, 2.45) is 5.92 Å². The second-order valence-corrected chi connectivity index (χ2v) is 4.49. The molecule has 1 aliphatic rings. The molecule has 0 bridgehead atoms. The number of β-lactam (4-membered cyclic amide) rings is 1. The maximum Gasteiger partial charge on any atom is 0.333 e. The van der Waals surface area contributed by atoms with Crippen molar-refractivity contribution in [2.45, 2.75) is 13.0 Å². The molecule has 5 nitrogen and oxygen atoms in total. The molecule has 0 N–H and O–H groups in total. The van der Waals surface area contributed by atoms with Gasteiger partial charge in [0.15, 0.2) is 6.04 Å². The highest BCUT2D eigenvalue weighted by atomic mass is 16.5. The Hall–Kier alpha value is -2.17. The first-order valence-electron chi connectivity index (χ1n) is 6.00. The number of rotatable bonds is 4. The van der Waals surface area contributed by atoms with Crippen LogP contribution in [-0.4, -0.2) is 36.2 Å². The number of methoxy groups -OCH3 is 1. The smallest absolute Gasteiger partial charge is 0.333 e. The zero-order valence-corrected chi connectivity index (χ0v) is 10.8. The van der Waals surface area contributed by atoms with Crippen LogP contribution in [0.25, 0.3) is 0 Å². The summed E-state index contributed by atoms with van der Waals surface area (Å²) >= 11 is 0. The minimum atomic E-state index is -0.769. The number of esters is 1. The van der Waals surface area contributed by atoms with Crippen molar-refractivity contribution in [3.05, 3.63) is 35.9 Å². The van der Waals surface area contributed by atoms with Crippen LogP contribution in [0.1, 0.15) is 18.5 Å². The minimum Gasteiger partial charge on any atom is -0.467 e. The molecule has 1 aromatic rings. The molecule has 0 saturated carbocycles. The lowest BCUT2D eigenvalue weighted by Gasteiger charge is -2.41. The second-order valence-electron chi connectivity index (χ2n) is 4.49. The number of nitrogens with zero attached hydrogens (tertiary/aromatic N) is 1. The predicted molar refractivity (Wildman–Crippen MR) is 67.1 cm³/mol. The fourth-order valence-electron chi connectivity index (χ4n) is 2.18. The summed E-state index contributed by atoms with van der Waals surface area (Å²) in [6, 6.07) is 8.16. The number of benzene rings is 1. The van der Waals surface area contributed by atoms with Crippen molar-refractivity contribution in [3.8, 4) is 0 Å². The van der Waals surface area contributed by atoms with E-state index in [0.717, 1.165) is 0 Å². The maximum absolute atomic E-state index is 11.9. The molecule has 19 heavy (non-hydrogen) atoms. The lowest BCUT2D eigenvalue weighted by Crippen LogP contribution is -2.57. The van der Waals surface area contributed by atoms with Gasteiger partial charge in [-0.25, -0.2) is 4.79 Å². The number of hydrogen-bond donors (Lipinski definition) is 0. The van der Waals surface area contributed by atoms with Gasteiger partial charge in [-0.2, -0.15) is 0 Å². The third-order valence-electron chi connectivity index (χ3n) is 3.30. The molecule has 0 spiro atoms. The number of ketones is 1. The number of likely N-dealkylation sites (tertiary alicyclic amines) is 1. The Morgan fingerprint density at radius 2 is 1.95 bits per heavy atom. The van der Waals surface area contributed by atoms with Crippen molar-refractivity contribution in [1.82, 2.24) is 4.90 Å². The van der Waals surface area contributed by atoms with E-state index in [1.165, 1.54) is 18.9 Å². The van der Waals surface area contributed by atoms with Crippen molar-refractivity contribution >= 4 is 17.7 Å². The molecule has 1 fully saturated rings. The molecule has 2 rings (SSSR count). The molecular weight excluding hydrogens is 246 g/mol. The highest BCUT2D eigenvalue weighted by Crippen LogP contribution is 2.31. The summed E-state index contributed by atoms with van der Waals surface area (Å²) in [6.07, 6.45) is 0. The minimum absolute atomic E-state index is 0.169. The normalized spacial score (nSPS) is 19.6. The molecule has 0 unspecified atom stereocenters. The molecular formula is C14H15NO4. The van der Waals surface area contributed by atoms with Gasteiger partial charge < -0.3 is 9.64 Å². The van der Waals surface area contributed by atoms with E-state index in [0.29, 0.717) is 5.56 Å². The van der Waals surface area contributed by atoms with Crippen LogP contribution in [0.2, 0.25) is 0 Å². The average Bonchev–Trinajstić information content (AvgIpc) is 2.42. The van der Waals surface area contributed by atoms with E-state index in [1.54, 1.807) is 24.3 Å². The molecule has 100 valence electrons. The van der Waals surface area contributed by atoms with E-state index in [2.05, 4.69) is 0 Å². The van der Waals surface area contributed by atoms with Crippen molar-refractivity contribution < 1.29 is 19.1 Å². The van der Waals surface area contributed by atoms with E-state index in [4.69, 9.17) is 4.74 Å². The number of hydrogen-bond acceptors (Lipinski definition) is 4. The van der Waals surface area contributed by atoms with Gasteiger partial charge >= 0.3 is 5.97 Å². The van der Waals surface area contributed by atoms with Gasteiger partial charge in [-0.1, -0.05) is 30.3 Å². The number of carbonyl (C=O) groups excluding carboxylic acids is 3. The first-order valence-corrected chi connectivity index (χ1v) is 6.00. The molecule has 1 saturated heterocycles. The summed E-state index contributed by atoms with van der Waals surface area (Å²) in [5, 5.41) is 0. The summed E-state index contributed by atoms with van der Waals surface area (Å²) < 4.78 is 4.75. The predicted octanol–water partition coefficient (Wildman–Crippen LogP) is 0.948. The molecule has 0 radical (unpaired) electrons. The van der Waals surface area contributed by atoms with E-state index in [-0.39, 0.29) is 18.2 Å². The fourth-order valence-corrected chi connectivity index (χ4v) is 2.18. The van der Waals surface area contributed by atoms with E-state index in [9.17, 15) is 14.4 Å². The van der Waals surface area contributed by atoms with Crippen LogP contribution in [0.3, 0.4) is 0 Å². The van der Waals surface area contributed by atoms with Crippen LogP contribution in [0.4, 0.5) is 0 Å². The lowest BCUT2D eigenvalue weighted by molar-refractivity contribution is -0.166. The number of ether oxygens (including phenoxy) is 1. The van der Waals surface area contributed by atoms with Crippen LogP contribution in [0, 0.1) is 5.92 Å². The van der Waals surface area contributed by atoms with Gasteiger partial charge in [0.1, 0.15) is 11.7 Å². The first kappa shape index (κ1) is 13.3. The zero-order valence-electron chi connectivity index (χ0n) is 10.8. The Balaban J connectivity index is 2.24. The van der Waals surface area contributed by atoms with Crippen LogP contribution < -0.4 is 0 Å². The van der Waals surface area contributed by atoms with E-state index in [1.807, 2.05) is 6.07 Å². The van der Waals surface area contributed by atoms with Gasteiger partial charge in [0.2, 0.25) is 5.91 Å². The summed E-state index contributed by atoms with van der Waals surface area (Å²) in [7, 11) is 1.28. The molecule has 0 aliphatic carbocycles. The van der Waals surface area contributed by atoms with Gasteiger partial charge in [-0.3, -0.25) is 9.59 Å². The topological polar surface area (TPSA) is 63.7 Å². The van der Waals surface area contributed by atoms with Crippen LogP contribution >= 0.6 is 0 Å². The molecule has 2 atom stereocenters. The average molecular weight is 261 g/mol. The van der Waals surface area contributed by atoms with Gasteiger partial charge in [0.05, 0.1) is 7.11 Å². The van der Waals surface area contributed by atoms with Crippen molar-refractivity contribution in [2.75, 3.05) is 13.7 Å². The van der Waals surface area contributed by atoms with Crippen molar-refractivity contribution in [3.63, 3.8) is 0 Å². The fraction of sp³-hybridized carbons (Fsp3) is 0.357. The van der Waals surface area contributed by atoms with Crippen molar-refractivity contribution in [1.29, 1.82) is 0 Å². The Bertz CT molecular complexity index is 511. The van der Waals surface area contributed by atoms with Gasteiger partial charge in [0, 0.05) is 6.54 Å². The molecule has 1 aliphatic heterocycles. The third-order valence-corrected chi connectivity index (χ3v) is 3.30. The summed E-state index contributed by atoms with van der Waals surface area (Å²) in [5.41, 5.74) is 0.685. The Kier molecular flexibility index (Phi) is 3.64. The highest BCUT2D eigenvalue weighted by molar-refractivity contribution is 6.06. The van der Waals surface area contributed by atoms with Gasteiger partial charge in [-0.05, 0) is 12.5 Å². The van der Waals surface area contributed by atoms with Gasteiger partial charge in [-0.15, -0.1) is 0 Å². The maximum atomic E-state index is 11.9. The number of Topliss-reactive ketones (excluding diaryl/α,β-unsaturated/α-hetero) is 1. The number of amides is 1. The standard InChI is InChI=1S/C14H15NO4/c1-9(16)11-8-15(13(11)17)12(14(18)19-2)10-6-4-3-5-7-10/h3-7,11-12H,8H2,1-2H3/t11-,12-/m1/s1. The molecule has 0 aromatic heterocycles. The SMILES string of the molecule is COC(=O)[C@@H](c1ccccc1)N1C[C@H](C(C)=O)C1=O. The molecule has 1 aromatic carbocycles. The third kappa shape index (κ3) is 2.36. The summed E-state index contributed by atoms with van der Waals surface area (Å²) in [6.45, 7) is 1.65. The Morgan fingerprint density at radius 3 is 2.42 bits per heavy atom. The summed E-state index contributed by atoms with van der Waals surface area (Å²) in [4.78, 5) is 36.4.